The van der Waals surface area contributed by atoms with Crippen molar-refractivity contribution in [3.8, 4) is 0 Å². The minimum absolute atomic E-state index is 0.0696. The molecule has 42 heavy (non-hydrogen) atoms. The lowest BCUT2D eigenvalue weighted by Gasteiger charge is -2.40. The summed E-state index contributed by atoms with van der Waals surface area (Å²) in [5.74, 6) is 0.126. The van der Waals surface area contributed by atoms with E-state index in [1.807, 2.05) is 24.3 Å². The molecule has 0 heterocycles. The highest BCUT2D eigenvalue weighted by Gasteiger charge is 2.44. The summed E-state index contributed by atoms with van der Waals surface area (Å²) in [4.78, 5) is 14.4. The lowest BCUT2D eigenvalue weighted by atomic mass is 9.99. The fraction of sp³-hybridized carbons (Fsp3) is 0.0513. The number of rotatable bonds is 6. The normalized spacial score (nSPS) is 16.1. The second kappa shape index (κ2) is 12.0. The Balaban J connectivity index is 1.61. The van der Waals surface area contributed by atoms with Crippen molar-refractivity contribution in [2.24, 2.45) is 0 Å². The summed E-state index contributed by atoms with van der Waals surface area (Å²) in [5, 5.41) is 5.30. The van der Waals surface area contributed by atoms with Crippen LogP contribution in [0.1, 0.15) is 38.4 Å². The molecule has 0 amide bonds. The minimum atomic E-state index is -0.905. The van der Waals surface area contributed by atoms with Crippen LogP contribution in [0, 0.1) is 0 Å². The fourth-order valence-corrected chi connectivity index (χ4v) is 12.8. The van der Waals surface area contributed by atoms with E-state index in [1.165, 1.54) is 21.2 Å². The van der Waals surface area contributed by atoms with Gasteiger partial charge in [0.15, 0.2) is 5.78 Å². The molecule has 0 fully saturated rings. The van der Waals surface area contributed by atoms with Crippen LogP contribution in [0.25, 0.3) is 0 Å². The molecule has 3 heteroatoms. The van der Waals surface area contributed by atoms with Gasteiger partial charge in [-0.25, -0.2) is 0 Å². The van der Waals surface area contributed by atoms with E-state index >= 15 is 0 Å². The number of hydrogen-bond donors (Lipinski definition) is 0. The molecule has 1 aliphatic rings. The number of carbonyl (C=O) groups excluding carboxylic acids is 1. The molecule has 1 aliphatic carbocycles. The van der Waals surface area contributed by atoms with Crippen LogP contribution in [0.4, 0.5) is 0 Å². The van der Waals surface area contributed by atoms with Gasteiger partial charge in [0.2, 0.25) is 0 Å². The summed E-state index contributed by atoms with van der Waals surface area (Å²) in [6.07, 6.45) is 0. The van der Waals surface area contributed by atoms with Crippen LogP contribution < -0.4 is 21.2 Å². The Bertz CT molecular complexity index is 1590. The Morgan fingerprint density at radius 1 is 0.333 bits per heavy atom. The van der Waals surface area contributed by atoms with E-state index in [9.17, 15) is 4.79 Å². The lowest BCUT2D eigenvalue weighted by Crippen LogP contribution is -2.26. The quantitative estimate of drug-likeness (QED) is 0.182. The van der Waals surface area contributed by atoms with Gasteiger partial charge in [-0.05, 0) is 48.2 Å². The van der Waals surface area contributed by atoms with Crippen LogP contribution in [-0.2, 0) is 0 Å². The number of fused-ring (bicyclic) bond motifs is 2. The molecule has 0 unspecified atom stereocenters. The molecule has 6 aromatic carbocycles. The molecular weight excluding hydrogens is 546 g/mol. The molecule has 0 N–H and O–H groups in total. The maximum Gasteiger partial charge on any atom is 0.193 e. The van der Waals surface area contributed by atoms with Gasteiger partial charge in [0.25, 0.3) is 0 Å². The molecule has 0 saturated carbocycles. The van der Waals surface area contributed by atoms with Crippen molar-refractivity contribution >= 4 is 42.8 Å². The van der Waals surface area contributed by atoms with E-state index < -0.39 is 15.8 Å². The predicted octanol–water partition coefficient (Wildman–Crippen LogP) is 8.28. The average Bonchev–Trinajstić information content (AvgIpc) is 3.17. The first-order chi connectivity index (χ1) is 20.8. The highest BCUT2D eigenvalue weighted by molar-refractivity contribution is 7.77. The molecular formula is C39H30OP2. The fourth-order valence-electron chi connectivity index (χ4n) is 6.26. The highest BCUT2D eigenvalue weighted by atomic mass is 31.1. The molecule has 0 bridgehead atoms. The minimum Gasteiger partial charge on any atom is -0.289 e. The summed E-state index contributed by atoms with van der Waals surface area (Å²) in [6.45, 7) is 0. The van der Waals surface area contributed by atoms with E-state index in [0.717, 1.165) is 22.3 Å². The summed E-state index contributed by atoms with van der Waals surface area (Å²) < 4.78 is 0. The Kier molecular flexibility index (Phi) is 7.63. The first-order valence-corrected chi connectivity index (χ1v) is 17.1. The zero-order valence-electron chi connectivity index (χ0n) is 23.1. The molecule has 202 valence electrons. The maximum absolute atomic E-state index is 14.4. The second-order valence-corrected chi connectivity index (χ2v) is 15.1. The van der Waals surface area contributed by atoms with Crippen molar-refractivity contribution < 1.29 is 4.79 Å². The third-order valence-electron chi connectivity index (χ3n) is 8.04. The molecule has 2 atom stereocenters. The van der Waals surface area contributed by atoms with Gasteiger partial charge in [-0.2, -0.15) is 0 Å². The summed E-state index contributed by atoms with van der Waals surface area (Å²) in [6, 6.07) is 60.7. The Labute approximate surface area is 250 Å². The third kappa shape index (κ3) is 4.94. The lowest BCUT2D eigenvalue weighted by molar-refractivity contribution is 0.103. The van der Waals surface area contributed by atoms with Crippen molar-refractivity contribution in [1.29, 1.82) is 0 Å². The topological polar surface area (TPSA) is 17.1 Å². The van der Waals surface area contributed by atoms with Crippen molar-refractivity contribution in [3.05, 3.63) is 192 Å². The van der Waals surface area contributed by atoms with Gasteiger partial charge >= 0.3 is 0 Å². The van der Waals surface area contributed by atoms with Crippen LogP contribution >= 0.6 is 15.8 Å². The predicted molar refractivity (Wildman–Crippen MR) is 180 cm³/mol. The third-order valence-corrected chi connectivity index (χ3v) is 14.0. The van der Waals surface area contributed by atoms with E-state index in [4.69, 9.17) is 0 Å². The largest absolute Gasteiger partial charge is 0.289 e. The Morgan fingerprint density at radius 3 is 0.905 bits per heavy atom. The standard InChI is InChI=1S/C39H30OP2/c40-37-33-25-13-15-27-35(33)38(41(29-17-5-1-6-18-29)30-19-7-2-8-20-30)39(36-28-16-14-26-34(36)37)42(31-21-9-3-10-22-31)32-23-11-4-12-24-32/h1-28,38-39H/t38-,39-/m0/s1. The van der Waals surface area contributed by atoms with E-state index in [0.29, 0.717) is 0 Å². The van der Waals surface area contributed by atoms with E-state index in [1.54, 1.807) is 0 Å². The smallest absolute Gasteiger partial charge is 0.193 e. The van der Waals surface area contributed by atoms with E-state index in [2.05, 4.69) is 146 Å². The van der Waals surface area contributed by atoms with Crippen LogP contribution in [-0.4, -0.2) is 5.78 Å². The average molecular weight is 577 g/mol. The molecule has 0 saturated heterocycles. The SMILES string of the molecule is O=C1c2ccccc2[C@H](P(c2ccccc2)c2ccccc2)[C@@H](P(c2ccccc2)c2ccccc2)c2ccccc21. The monoisotopic (exact) mass is 576 g/mol. The zero-order valence-corrected chi connectivity index (χ0v) is 24.9. The van der Waals surface area contributed by atoms with Crippen molar-refractivity contribution in [3.63, 3.8) is 0 Å². The van der Waals surface area contributed by atoms with Crippen LogP contribution in [0.15, 0.2) is 170 Å². The van der Waals surface area contributed by atoms with Gasteiger partial charge < -0.3 is 0 Å². The number of ketones is 1. The van der Waals surface area contributed by atoms with Gasteiger partial charge in [0, 0.05) is 22.4 Å². The molecule has 6 aromatic rings. The Morgan fingerprint density at radius 2 is 0.595 bits per heavy atom. The van der Waals surface area contributed by atoms with Crippen LogP contribution in [0.2, 0.25) is 0 Å². The number of benzene rings is 6. The first kappa shape index (κ1) is 26.7. The molecule has 0 aromatic heterocycles. The molecule has 0 radical (unpaired) electrons. The second-order valence-electron chi connectivity index (χ2n) is 10.5. The summed E-state index contributed by atoms with van der Waals surface area (Å²) in [7, 11) is -1.81. The van der Waals surface area contributed by atoms with Gasteiger partial charge in [0.05, 0.1) is 0 Å². The van der Waals surface area contributed by atoms with Gasteiger partial charge in [-0.1, -0.05) is 170 Å². The Hall–Kier alpha value is -4.15. The van der Waals surface area contributed by atoms with Crippen LogP contribution in [0.5, 0.6) is 0 Å². The number of carbonyl (C=O) groups is 1. The summed E-state index contributed by atoms with van der Waals surface area (Å²) >= 11 is 0. The molecule has 0 aliphatic heterocycles. The molecule has 7 rings (SSSR count). The van der Waals surface area contributed by atoms with E-state index in [-0.39, 0.29) is 17.1 Å². The van der Waals surface area contributed by atoms with Gasteiger partial charge in [-0.3, -0.25) is 4.79 Å². The number of hydrogen-bond acceptors (Lipinski definition) is 1. The highest BCUT2D eigenvalue weighted by Crippen LogP contribution is 2.68. The van der Waals surface area contributed by atoms with Crippen molar-refractivity contribution in [1.82, 2.24) is 0 Å². The van der Waals surface area contributed by atoms with Gasteiger partial charge in [0.1, 0.15) is 0 Å². The van der Waals surface area contributed by atoms with Crippen molar-refractivity contribution in [2.75, 3.05) is 0 Å². The summed E-state index contributed by atoms with van der Waals surface area (Å²) in [5.41, 5.74) is 4.10. The molecule has 0 spiro atoms. The zero-order chi connectivity index (χ0) is 28.3. The maximum atomic E-state index is 14.4. The van der Waals surface area contributed by atoms with Crippen molar-refractivity contribution in [2.45, 2.75) is 11.3 Å². The first-order valence-electron chi connectivity index (χ1n) is 14.3. The van der Waals surface area contributed by atoms with Crippen LogP contribution in [0.3, 0.4) is 0 Å². The van der Waals surface area contributed by atoms with Gasteiger partial charge in [-0.15, -0.1) is 0 Å². The molecule has 1 nitrogen and oxygen atoms in total.